The third kappa shape index (κ3) is 9.34. The first kappa shape index (κ1) is 32.7. The molecule has 0 aliphatic rings. The summed E-state index contributed by atoms with van der Waals surface area (Å²) in [5, 5.41) is 3.07. The molecule has 8 nitrogen and oxygen atoms in total. The Bertz CT molecular complexity index is 1410. The zero-order valence-electron chi connectivity index (χ0n) is 25.2. The molecule has 3 rings (SSSR count). The largest absolute Gasteiger partial charge is 0.495 e. The molecule has 0 saturated carbocycles. The molecule has 0 fully saturated rings. The van der Waals surface area contributed by atoms with E-state index in [1.54, 1.807) is 29.2 Å². The highest BCUT2D eigenvalue weighted by molar-refractivity contribution is 7.92. The van der Waals surface area contributed by atoms with Crippen LogP contribution in [0.3, 0.4) is 0 Å². The predicted molar refractivity (Wildman–Crippen MR) is 168 cm³/mol. The molecule has 226 valence electrons. The van der Waals surface area contributed by atoms with Crippen LogP contribution in [0.1, 0.15) is 49.8 Å². The van der Waals surface area contributed by atoms with Crippen LogP contribution in [0, 0.1) is 6.92 Å². The standard InChI is InChI=1S/C33H43N3O5S/c1-6-26(3)34-33(38)30(23-27-13-8-7-9-14-27)35(24-28-20-18-25(2)19-21-28)32(37)17-12-22-36(42(5,39)40)29-15-10-11-16-31(29)41-4/h7-11,13-16,18-21,26,30H,6,12,17,22-24H2,1-5H3,(H,34,38). The first-order valence-electron chi connectivity index (χ1n) is 14.3. The Hall–Kier alpha value is -3.85. The molecule has 0 radical (unpaired) electrons. The fourth-order valence-corrected chi connectivity index (χ4v) is 5.67. The van der Waals surface area contributed by atoms with E-state index in [0.29, 0.717) is 17.9 Å². The lowest BCUT2D eigenvalue weighted by Crippen LogP contribution is -2.52. The summed E-state index contributed by atoms with van der Waals surface area (Å²) in [6.45, 7) is 6.29. The second-order valence-corrected chi connectivity index (χ2v) is 12.5. The summed E-state index contributed by atoms with van der Waals surface area (Å²) in [6, 6.07) is 23.7. The third-order valence-electron chi connectivity index (χ3n) is 7.25. The van der Waals surface area contributed by atoms with Crippen molar-refractivity contribution in [3.63, 3.8) is 0 Å². The van der Waals surface area contributed by atoms with Crippen LogP contribution >= 0.6 is 0 Å². The number of amides is 2. The van der Waals surface area contributed by atoms with Crippen LogP contribution in [0.2, 0.25) is 0 Å². The lowest BCUT2D eigenvalue weighted by atomic mass is 10.0. The van der Waals surface area contributed by atoms with E-state index in [0.717, 1.165) is 29.4 Å². The minimum atomic E-state index is -3.64. The predicted octanol–water partition coefficient (Wildman–Crippen LogP) is 5.10. The number of nitrogens with one attached hydrogen (secondary N) is 1. The molecular formula is C33H43N3O5S. The highest BCUT2D eigenvalue weighted by Crippen LogP contribution is 2.30. The molecule has 9 heteroatoms. The average molecular weight is 594 g/mol. The van der Waals surface area contributed by atoms with Gasteiger partial charge in [-0.3, -0.25) is 13.9 Å². The summed E-state index contributed by atoms with van der Waals surface area (Å²) in [6.07, 6.45) is 2.59. The summed E-state index contributed by atoms with van der Waals surface area (Å²) in [7, 11) is -2.15. The number of rotatable bonds is 15. The molecule has 3 aromatic carbocycles. The molecular weight excluding hydrogens is 550 g/mol. The van der Waals surface area contributed by atoms with Gasteiger partial charge < -0.3 is 15.0 Å². The molecule has 1 N–H and O–H groups in total. The van der Waals surface area contributed by atoms with Crippen molar-refractivity contribution in [1.82, 2.24) is 10.2 Å². The number of benzene rings is 3. The van der Waals surface area contributed by atoms with Gasteiger partial charge in [0.25, 0.3) is 0 Å². The number of hydrogen-bond acceptors (Lipinski definition) is 5. The number of sulfonamides is 1. The van der Waals surface area contributed by atoms with E-state index in [-0.39, 0.29) is 43.8 Å². The molecule has 2 amide bonds. The van der Waals surface area contributed by atoms with Crippen molar-refractivity contribution in [1.29, 1.82) is 0 Å². The average Bonchev–Trinajstić information content (AvgIpc) is 2.97. The maximum absolute atomic E-state index is 14.0. The number of aryl methyl sites for hydroxylation is 1. The van der Waals surface area contributed by atoms with Crippen molar-refractivity contribution in [2.45, 2.75) is 65.1 Å². The van der Waals surface area contributed by atoms with Crippen LogP contribution in [0.5, 0.6) is 5.75 Å². The van der Waals surface area contributed by atoms with E-state index in [9.17, 15) is 18.0 Å². The van der Waals surface area contributed by atoms with Crippen molar-refractivity contribution < 1.29 is 22.7 Å². The maximum Gasteiger partial charge on any atom is 0.243 e. The molecule has 3 aromatic rings. The maximum atomic E-state index is 14.0. The number of methoxy groups -OCH3 is 1. The second-order valence-electron chi connectivity index (χ2n) is 10.6. The lowest BCUT2D eigenvalue weighted by molar-refractivity contribution is -0.141. The van der Waals surface area contributed by atoms with Gasteiger partial charge in [-0.05, 0) is 49.9 Å². The van der Waals surface area contributed by atoms with Gasteiger partial charge in [-0.1, -0.05) is 79.2 Å². The van der Waals surface area contributed by atoms with Gasteiger partial charge >= 0.3 is 0 Å². The number of nitrogens with zero attached hydrogens (tertiary/aromatic N) is 2. The Morgan fingerprint density at radius 2 is 1.57 bits per heavy atom. The van der Waals surface area contributed by atoms with E-state index in [4.69, 9.17) is 4.74 Å². The molecule has 0 heterocycles. The van der Waals surface area contributed by atoms with Crippen molar-refractivity contribution in [2.75, 3.05) is 24.2 Å². The van der Waals surface area contributed by atoms with Crippen molar-refractivity contribution in [2.24, 2.45) is 0 Å². The fraction of sp³-hybridized carbons (Fsp3) is 0.394. The number of hydrogen-bond donors (Lipinski definition) is 1. The molecule has 0 aromatic heterocycles. The minimum Gasteiger partial charge on any atom is -0.495 e. The topological polar surface area (TPSA) is 96.0 Å². The van der Waals surface area contributed by atoms with Crippen LogP contribution in [0.15, 0.2) is 78.9 Å². The molecule has 0 spiro atoms. The number of carbonyl (C=O) groups is 2. The smallest absolute Gasteiger partial charge is 0.243 e. The van der Waals surface area contributed by atoms with E-state index < -0.39 is 16.1 Å². The summed E-state index contributed by atoms with van der Waals surface area (Å²) >= 11 is 0. The Morgan fingerprint density at radius 3 is 2.19 bits per heavy atom. The Morgan fingerprint density at radius 1 is 0.929 bits per heavy atom. The highest BCUT2D eigenvalue weighted by Gasteiger charge is 2.31. The van der Waals surface area contributed by atoms with Gasteiger partial charge in [0, 0.05) is 32.0 Å². The first-order valence-corrected chi connectivity index (χ1v) is 16.2. The van der Waals surface area contributed by atoms with Gasteiger partial charge in [0.05, 0.1) is 19.1 Å². The van der Waals surface area contributed by atoms with Crippen molar-refractivity contribution >= 4 is 27.5 Å². The zero-order valence-corrected chi connectivity index (χ0v) is 26.1. The first-order chi connectivity index (χ1) is 20.0. The SMILES string of the molecule is CCC(C)NC(=O)C(Cc1ccccc1)N(Cc1ccc(C)cc1)C(=O)CCCN(c1ccccc1OC)S(C)(=O)=O. The highest BCUT2D eigenvalue weighted by atomic mass is 32.2. The second kappa shape index (κ2) is 15.4. The molecule has 0 aliphatic carbocycles. The normalized spacial score (nSPS) is 12.7. The number of ether oxygens (including phenoxy) is 1. The Labute approximate surface area is 250 Å². The molecule has 42 heavy (non-hydrogen) atoms. The van der Waals surface area contributed by atoms with Crippen molar-refractivity contribution in [3.8, 4) is 5.75 Å². The number of para-hydroxylation sites is 2. The Balaban J connectivity index is 1.90. The fourth-order valence-electron chi connectivity index (χ4n) is 4.70. The number of carbonyl (C=O) groups excluding carboxylic acids is 2. The van der Waals surface area contributed by atoms with Crippen LogP contribution in [-0.2, 0) is 32.6 Å². The zero-order chi connectivity index (χ0) is 30.7. The van der Waals surface area contributed by atoms with Gasteiger partial charge in [0.15, 0.2) is 0 Å². The monoisotopic (exact) mass is 593 g/mol. The van der Waals surface area contributed by atoms with E-state index in [1.807, 2.05) is 75.4 Å². The van der Waals surface area contributed by atoms with Gasteiger partial charge in [0.2, 0.25) is 21.8 Å². The lowest BCUT2D eigenvalue weighted by Gasteiger charge is -2.33. The molecule has 0 saturated heterocycles. The van der Waals surface area contributed by atoms with Gasteiger partial charge in [0.1, 0.15) is 11.8 Å². The van der Waals surface area contributed by atoms with E-state index in [1.165, 1.54) is 11.4 Å². The van der Waals surface area contributed by atoms with Crippen LogP contribution in [-0.4, -0.2) is 57.1 Å². The summed E-state index contributed by atoms with van der Waals surface area (Å²) in [4.78, 5) is 29.3. The van der Waals surface area contributed by atoms with Crippen LogP contribution in [0.25, 0.3) is 0 Å². The quantitative estimate of drug-likeness (QED) is 0.264. The van der Waals surface area contributed by atoms with E-state index >= 15 is 0 Å². The van der Waals surface area contributed by atoms with Gasteiger partial charge in [-0.15, -0.1) is 0 Å². The molecule has 0 bridgehead atoms. The molecule has 2 atom stereocenters. The molecule has 0 aliphatic heterocycles. The third-order valence-corrected chi connectivity index (χ3v) is 8.43. The molecule has 2 unspecified atom stereocenters. The summed E-state index contributed by atoms with van der Waals surface area (Å²) in [5.74, 6) is 0.00428. The van der Waals surface area contributed by atoms with Gasteiger partial charge in [-0.2, -0.15) is 0 Å². The van der Waals surface area contributed by atoms with Gasteiger partial charge in [-0.25, -0.2) is 8.42 Å². The van der Waals surface area contributed by atoms with Crippen molar-refractivity contribution in [3.05, 3.63) is 95.6 Å². The minimum absolute atomic E-state index is 0.0451. The summed E-state index contributed by atoms with van der Waals surface area (Å²) in [5.41, 5.74) is 3.38. The van der Waals surface area contributed by atoms with Crippen LogP contribution < -0.4 is 14.4 Å². The summed E-state index contributed by atoms with van der Waals surface area (Å²) < 4.78 is 32.1. The van der Waals surface area contributed by atoms with Crippen LogP contribution in [0.4, 0.5) is 5.69 Å². The number of anilines is 1. The van der Waals surface area contributed by atoms with E-state index in [2.05, 4.69) is 5.32 Å². The Kier molecular flexibility index (Phi) is 12.0.